The number of nitrogens with zero attached hydrogens (tertiary/aromatic N) is 2. The zero-order valence-corrected chi connectivity index (χ0v) is 12.2. The van der Waals surface area contributed by atoms with Gasteiger partial charge in [-0.05, 0) is 26.0 Å². The Balaban J connectivity index is 1.95. The van der Waals surface area contributed by atoms with Crippen LogP contribution in [0.3, 0.4) is 0 Å². The van der Waals surface area contributed by atoms with Gasteiger partial charge < -0.3 is 5.32 Å². The molecule has 4 heteroatoms. The first-order valence-electron chi connectivity index (χ1n) is 6.81. The molecule has 3 nitrogen and oxygen atoms in total. The van der Waals surface area contributed by atoms with Crippen molar-refractivity contribution in [1.29, 1.82) is 0 Å². The molecular weight excluding hydrogens is 254 g/mol. The van der Waals surface area contributed by atoms with Gasteiger partial charge in [-0.25, -0.2) is 0 Å². The highest BCUT2D eigenvalue weighted by atomic mass is 32.2. The Labute approximate surface area is 118 Å². The summed E-state index contributed by atoms with van der Waals surface area (Å²) in [5, 5.41) is 15.3. The third-order valence-corrected chi connectivity index (χ3v) is 5.12. The van der Waals surface area contributed by atoms with E-state index in [2.05, 4.69) is 46.0 Å². The summed E-state index contributed by atoms with van der Waals surface area (Å²) in [7, 11) is 0. The van der Waals surface area contributed by atoms with E-state index in [4.69, 9.17) is 0 Å². The quantitative estimate of drug-likeness (QED) is 0.926. The van der Waals surface area contributed by atoms with Crippen LogP contribution in [0, 0.1) is 6.92 Å². The number of nitrogens with one attached hydrogen (secondary N) is 1. The molecule has 2 atom stereocenters. The molecular formula is C15H19N3S. The number of hydrogen-bond acceptors (Lipinski definition) is 4. The van der Waals surface area contributed by atoms with Gasteiger partial charge in [0.15, 0.2) is 5.82 Å². The Morgan fingerprint density at radius 2 is 1.95 bits per heavy atom. The summed E-state index contributed by atoms with van der Waals surface area (Å²) in [5.41, 5.74) is 0.994. The van der Waals surface area contributed by atoms with E-state index in [1.54, 1.807) is 0 Å². The van der Waals surface area contributed by atoms with Gasteiger partial charge in [0.05, 0.1) is 5.69 Å². The summed E-state index contributed by atoms with van der Waals surface area (Å²) in [6, 6.07) is 8.89. The van der Waals surface area contributed by atoms with E-state index in [1.165, 1.54) is 30.0 Å². The fourth-order valence-corrected chi connectivity index (χ4v) is 3.83. The molecule has 1 N–H and O–H groups in total. The summed E-state index contributed by atoms with van der Waals surface area (Å²) >= 11 is 1.96. The number of benzene rings is 1. The van der Waals surface area contributed by atoms with Crippen LogP contribution in [-0.2, 0) is 0 Å². The lowest BCUT2D eigenvalue weighted by Gasteiger charge is -2.20. The molecule has 3 rings (SSSR count). The summed E-state index contributed by atoms with van der Waals surface area (Å²) < 4.78 is 0. The summed E-state index contributed by atoms with van der Waals surface area (Å²) in [4.78, 5) is 0. The maximum atomic E-state index is 4.37. The largest absolute Gasteiger partial charge is 0.364 e. The van der Waals surface area contributed by atoms with Gasteiger partial charge in [-0.1, -0.05) is 30.7 Å². The maximum absolute atomic E-state index is 4.37. The summed E-state index contributed by atoms with van der Waals surface area (Å²) in [5.74, 6) is 0.937. The SMILES string of the molecule is CSC1CCCC1Nc1nnc(C)c2ccccc12. The average molecular weight is 273 g/mol. The lowest BCUT2D eigenvalue weighted by Crippen LogP contribution is -2.26. The third-order valence-electron chi connectivity index (χ3n) is 3.95. The highest BCUT2D eigenvalue weighted by Crippen LogP contribution is 2.32. The first-order valence-corrected chi connectivity index (χ1v) is 8.09. The Morgan fingerprint density at radius 3 is 2.74 bits per heavy atom. The lowest BCUT2D eigenvalue weighted by molar-refractivity contribution is 0.760. The second kappa shape index (κ2) is 5.37. The highest BCUT2D eigenvalue weighted by Gasteiger charge is 2.27. The molecule has 100 valence electrons. The average Bonchev–Trinajstić information content (AvgIpc) is 2.89. The Kier molecular flexibility index (Phi) is 3.60. The monoisotopic (exact) mass is 273 g/mol. The molecule has 2 aromatic rings. The van der Waals surface area contributed by atoms with Crippen molar-refractivity contribution in [3.05, 3.63) is 30.0 Å². The molecule has 1 aliphatic carbocycles. The molecule has 0 spiro atoms. The van der Waals surface area contributed by atoms with Crippen molar-refractivity contribution in [2.24, 2.45) is 0 Å². The van der Waals surface area contributed by atoms with Crippen molar-refractivity contribution in [3.63, 3.8) is 0 Å². The van der Waals surface area contributed by atoms with Crippen LogP contribution in [0.2, 0.25) is 0 Å². The van der Waals surface area contributed by atoms with E-state index in [0.717, 1.165) is 11.5 Å². The molecule has 0 saturated heterocycles. The molecule has 0 bridgehead atoms. The Bertz CT molecular complexity index is 585. The van der Waals surface area contributed by atoms with Crippen LogP contribution in [0.1, 0.15) is 25.0 Å². The molecule has 1 saturated carbocycles. The minimum atomic E-state index is 0.524. The van der Waals surface area contributed by atoms with Crippen molar-refractivity contribution in [1.82, 2.24) is 10.2 Å². The fourth-order valence-electron chi connectivity index (χ4n) is 2.89. The van der Waals surface area contributed by atoms with Crippen LogP contribution in [0.15, 0.2) is 24.3 Å². The molecule has 1 aliphatic rings. The van der Waals surface area contributed by atoms with Crippen molar-refractivity contribution < 1.29 is 0 Å². The zero-order chi connectivity index (χ0) is 13.2. The second-order valence-electron chi connectivity index (χ2n) is 5.14. The molecule has 0 radical (unpaired) electrons. The summed E-state index contributed by atoms with van der Waals surface area (Å²) in [6.45, 7) is 2.01. The number of thioether (sulfide) groups is 1. The Hall–Kier alpha value is -1.29. The third kappa shape index (κ3) is 2.41. The molecule has 0 amide bonds. The topological polar surface area (TPSA) is 37.8 Å². The predicted octanol–water partition coefficient (Wildman–Crippen LogP) is 3.63. The molecule has 1 aromatic heterocycles. The zero-order valence-electron chi connectivity index (χ0n) is 11.4. The standard InChI is InChI=1S/C15H19N3S/c1-10-11-6-3-4-7-12(11)15(18-17-10)16-13-8-5-9-14(13)19-2/h3-4,6-7,13-14H,5,8-9H2,1-2H3,(H,16,18). The van der Waals surface area contributed by atoms with Crippen molar-refractivity contribution >= 4 is 28.4 Å². The number of aryl methyl sites for hydroxylation is 1. The Morgan fingerprint density at radius 1 is 1.16 bits per heavy atom. The number of hydrogen-bond donors (Lipinski definition) is 1. The normalized spacial score (nSPS) is 22.8. The fraction of sp³-hybridized carbons (Fsp3) is 0.467. The van der Waals surface area contributed by atoms with E-state index in [0.29, 0.717) is 11.3 Å². The highest BCUT2D eigenvalue weighted by molar-refractivity contribution is 7.99. The van der Waals surface area contributed by atoms with Crippen LogP contribution in [0.25, 0.3) is 10.8 Å². The van der Waals surface area contributed by atoms with Gasteiger partial charge in [-0.3, -0.25) is 0 Å². The number of rotatable bonds is 3. The summed E-state index contributed by atoms with van der Waals surface area (Å²) in [6.07, 6.45) is 6.04. The van der Waals surface area contributed by atoms with Gasteiger partial charge in [-0.15, -0.1) is 5.10 Å². The smallest absolute Gasteiger partial charge is 0.156 e. The minimum absolute atomic E-state index is 0.524. The van der Waals surface area contributed by atoms with Gasteiger partial charge in [0.1, 0.15) is 0 Å². The molecule has 1 fully saturated rings. The number of fused-ring (bicyclic) bond motifs is 1. The van der Waals surface area contributed by atoms with Crippen molar-refractivity contribution in [2.45, 2.75) is 37.5 Å². The molecule has 2 unspecified atom stereocenters. The van der Waals surface area contributed by atoms with Gasteiger partial charge in [0.25, 0.3) is 0 Å². The molecule has 19 heavy (non-hydrogen) atoms. The molecule has 1 aromatic carbocycles. The predicted molar refractivity (Wildman–Crippen MR) is 82.8 cm³/mol. The van der Waals surface area contributed by atoms with E-state index in [9.17, 15) is 0 Å². The van der Waals surface area contributed by atoms with Crippen LogP contribution < -0.4 is 5.32 Å². The van der Waals surface area contributed by atoms with Crippen LogP contribution in [0.4, 0.5) is 5.82 Å². The minimum Gasteiger partial charge on any atom is -0.364 e. The first-order chi connectivity index (χ1) is 9.29. The van der Waals surface area contributed by atoms with Gasteiger partial charge >= 0.3 is 0 Å². The van der Waals surface area contributed by atoms with Crippen molar-refractivity contribution in [2.75, 3.05) is 11.6 Å². The van der Waals surface area contributed by atoms with E-state index in [1.807, 2.05) is 18.7 Å². The van der Waals surface area contributed by atoms with Gasteiger partial charge in [-0.2, -0.15) is 16.9 Å². The lowest BCUT2D eigenvalue weighted by atomic mass is 10.1. The van der Waals surface area contributed by atoms with E-state index < -0.39 is 0 Å². The van der Waals surface area contributed by atoms with Crippen LogP contribution in [-0.4, -0.2) is 27.7 Å². The number of anilines is 1. The van der Waals surface area contributed by atoms with Crippen molar-refractivity contribution in [3.8, 4) is 0 Å². The number of aromatic nitrogens is 2. The maximum Gasteiger partial charge on any atom is 0.156 e. The van der Waals surface area contributed by atoms with Crippen LogP contribution >= 0.6 is 11.8 Å². The van der Waals surface area contributed by atoms with Gasteiger partial charge in [0, 0.05) is 22.1 Å². The van der Waals surface area contributed by atoms with Crippen LogP contribution in [0.5, 0.6) is 0 Å². The molecule has 0 aliphatic heterocycles. The molecule has 1 heterocycles. The second-order valence-corrected chi connectivity index (χ2v) is 6.21. The van der Waals surface area contributed by atoms with E-state index >= 15 is 0 Å². The van der Waals surface area contributed by atoms with E-state index in [-0.39, 0.29) is 0 Å². The van der Waals surface area contributed by atoms with Gasteiger partial charge in [0.2, 0.25) is 0 Å². The first kappa shape index (κ1) is 12.7.